The van der Waals surface area contributed by atoms with Gasteiger partial charge in [-0.3, -0.25) is 4.90 Å². The van der Waals surface area contributed by atoms with Gasteiger partial charge >= 0.3 is 0 Å². The largest absolute Gasteiger partial charge is 0.495 e. The lowest BCUT2D eigenvalue weighted by Gasteiger charge is -2.35. The van der Waals surface area contributed by atoms with Crippen molar-refractivity contribution in [3.8, 4) is 5.75 Å². The van der Waals surface area contributed by atoms with Crippen molar-refractivity contribution in [1.29, 1.82) is 0 Å². The Morgan fingerprint density at radius 1 is 1.15 bits per heavy atom. The summed E-state index contributed by atoms with van der Waals surface area (Å²) in [7, 11) is 1.67. The number of aromatic nitrogens is 1. The molecule has 0 bridgehead atoms. The Morgan fingerprint density at radius 3 is 2.55 bits per heavy atom. The van der Waals surface area contributed by atoms with Gasteiger partial charge in [0.25, 0.3) is 0 Å². The summed E-state index contributed by atoms with van der Waals surface area (Å²) in [5.74, 6) is 1.86. The third-order valence-corrected chi connectivity index (χ3v) is 3.83. The third-order valence-electron chi connectivity index (χ3n) is 3.83. The second kappa shape index (κ2) is 8.07. The summed E-state index contributed by atoms with van der Waals surface area (Å²) in [4.78, 5) is 9.33. The molecule has 2 heterocycles. The first-order valence-corrected chi connectivity index (χ1v) is 7.51. The maximum Gasteiger partial charge on any atom is 0.137 e. The molecule has 20 heavy (non-hydrogen) atoms. The highest BCUT2D eigenvalue weighted by Crippen LogP contribution is 2.17. The van der Waals surface area contributed by atoms with Gasteiger partial charge in [0.15, 0.2) is 0 Å². The van der Waals surface area contributed by atoms with E-state index in [-0.39, 0.29) is 0 Å². The SMILES string of the molecule is COc1ccc(N2CCN(CCCCCN)CC2)nc1. The Labute approximate surface area is 121 Å². The van der Waals surface area contributed by atoms with Gasteiger partial charge in [-0.05, 0) is 38.1 Å². The van der Waals surface area contributed by atoms with E-state index in [9.17, 15) is 0 Å². The molecular formula is C15H26N4O. The first-order valence-electron chi connectivity index (χ1n) is 7.51. The summed E-state index contributed by atoms with van der Waals surface area (Å²) < 4.78 is 5.14. The molecule has 0 saturated carbocycles. The van der Waals surface area contributed by atoms with Crippen molar-refractivity contribution in [2.45, 2.75) is 19.3 Å². The number of hydrogen-bond donors (Lipinski definition) is 1. The maximum absolute atomic E-state index is 5.51. The van der Waals surface area contributed by atoms with Crippen molar-refractivity contribution in [3.63, 3.8) is 0 Å². The molecule has 0 aliphatic carbocycles. The number of ether oxygens (including phenoxy) is 1. The Hall–Kier alpha value is -1.33. The zero-order valence-electron chi connectivity index (χ0n) is 12.4. The quantitative estimate of drug-likeness (QED) is 0.763. The fourth-order valence-electron chi connectivity index (χ4n) is 2.54. The van der Waals surface area contributed by atoms with Crippen molar-refractivity contribution in [1.82, 2.24) is 9.88 Å². The van der Waals surface area contributed by atoms with E-state index in [2.05, 4.69) is 14.8 Å². The zero-order chi connectivity index (χ0) is 14.2. The topological polar surface area (TPSA) is 54.6 Å². The lowest BCUT2D eigenvalue weighted by atomic mass is 10.2. The van der Waals surface area contributed by atoms with Crippen LogP contribution in [0.15, 0.2) is 18.3 Å². The molecule has 0 spiro atoms. The molecule has 5 nitrogen and oxygen atoms in total. The Bertz CT molecular complexity index is 374. The summed E-state index contributed by atoms with van der Waals surface area (Å²) in [5.41, 5.74) is 5.51. The Balaban J connectivity index is 1.73. The minimum Gasteiger partial charge on any atom is -0.495 e. The predicted octanol–water partition coefficient (Wildman–Crippen LogP) is 1.34. The molecule has 5 heteroatoms. The van der Waals surface area contributed by atoms with Gasteiger partial charge in [-0.25, -0.2) is 4.98 Å². The lowest BCUT2D eigenvalue weighted by molar-refractivity contribution is 0.252. The van der Waals surface area contributed by atoms with Crippen LogP contribution in [0, 0.1) is 0 Å². The van der Waals surface area contributed by atoms with Crippen LogP contribution in [0.4, 0.5) is 5.82 Å². The van der Waals surface area contributed by atoms with Gasteiger partial charge in [-0.15, -0.1) is 0 Å². The highest BCUT2D eigenvalue weighted by molar-refractivity contribution is 5.41. The predicted molar refractivity (Wildman–Crippen MR) is 82.3 cm³/mol. The minimum atomic E-state index is 0.812. The van der Waals surface area contributed by atoms with Crippen LogP contribution < -0.4 is 15.4 Å². The number of unbranched alkanes of at least 4 members (excludes halogenated alkanes) is 2. The smallest absolute Gasteiger partial charge is 0.137 e. The van der Waals surface area contributed by atoms with E-state index in [4.69, 9.17) is 10.5 Å². The molecule has 0 unspecified atom stereocenters. The van der Waals surface area contributed by atoms with Crippen LogP contribution in [0.2, 0.25) is 0 Å². The molecule has 0 aromatic carbocycles. The van der Waals surface area contributed by atoms with Gasteiger partial charge < -0.3 is 15.4 Å². The monoisotopic (exact) mass is 278 g/mol. The number of anilines is 1. The summed E-state index contributed by atoms with van der Waals surface area (Å²) >= 11 is 0. The molecule has 0 atom stereocenters. The molecule has 1 aliphatic heterocycles. The van der Waals surface area contributed by atoms with Gasteiger partial charge in [-0.2, -0.15) is 0 Å². The third kappa shape index (κ3) is 4.35. The van der Waals surface area contributed by atoms with Crippen LogP contribution in [0.25, 0.3) is 0 Å². The van der Waals surface area contributed by atoms with Crippen LogP contribution in [0.3, 0.4) is 0 Å². The fraction of sp³-hybridized carbons (Fsp3) is 0.667. The van der Waals surface area contributed by atoms with Crippen LogP contribution in [0.5, 0.6) is 5.75 Å². The Kier molecular flexibility index (Phi) is 6.08. The second-order valence-corrected chi connectivity index (χ2v) is 5.23. The average molecular weight is 278 g/mol. The van der Waals surface area contributed by atoms with E-state index in [1.54, 1.807) is 13.3 Å². The Morgan fingerprint density at radius 2 is 1.95 bits per heavy atom. The van der Waals surface area contributed by atoms with Crippen LogP contribution >= 0.6 is 0 Å². The number of methoxy groups -OCH3 is 1. The summed E-state index contributed by atoms with van der Waals surface area (Å²) in [6.07, 6.45) is 5.44. The molecule has 1 aromatic rings. The van der Waals surface area contributed by atoms with E-state index < -0.39 is 0 Å². The molecule has 112 valence electrons. The zero-order valence-corrected chi connectivity index (χ0v) is 12.4. The van der Waals surface area contributed by atoms with Crippen LogP contribution in [-0.4, -0.2) is 56.3 Å². The molecule has 2 rings (SSSR count). The van der Waals surface area contributed by atoms with Crippen molar-refractivity contribution in [2.24, 2.45) is 5.73 Å². The molecule has 1 aliphatic rings. The van der Waals surface area contributed by atoms with Crippen molar-refractivity contribution >= 4 is 5.82 Å². The highest BCUT2D eigenvalue weighted by Gasteiger charge is 2.17. The molecule has 0 amide bonds. The fourth-order valence-corrected chi connectivity index (χ4v) is 2.54. The number of nitrogens with zero attached hydrogens (tertiary/aromatic N) is 3. The number of hydrogen-bond acceptors (Lipinski definition) is 5. The average Bonchev–Trinajstić information content (AvgIpc) is 2.52. The lowest BCUT2D eigenvalue weighted by Crippen LogP contribution is -2.46. The number of rotatable bonds is 7. The van der Waals surface area contributed by atoms with Crippen LogP contribution in [-0.2, 0) is 0 Å². The molecule has 0 radical (unpaired) electrons. The van der Waals surface area contributed by atoms with E-state index in [0.29, 0.717) is 0 Å². The van der Waals surface area contributed by atoms with Crippen molar-refractivity contribution in [2.75, 3.05) is 51.3 Å². The van der Waals surface area contributed by atoms with Gasteiger partial charge in [0.05, 0.1) is 13.3 Å². The minimum absolute atomic E-state index is 0.812. The first kappa shape index (κ1) is 15.1. The van der Waals surface area contributed by atoms with E-state index in [0.717, 1.165) is 50.7 Å². The standard InChI is InChI=1S/C15H26N4O/c1-20-14-5-6-15(17-13-14)19-11-9-18(10-12-19)8-4-2-3-7-16/h5-6,13H,2-4,7-12,16H2,1H3. The molecule has 1 saturated heterocycles. The van der Waals surface area contributed by atoms with Crippen LogP contribution in [0.1, 0.15) is 19.3 Å². The second-order valence-electron chi connectivity index (χ2n) is 5.23. The number of nitrogens with two attached hydrogens (primary N) is 1. The maximum atomic E-state index is 5.51. The summed E-state index contributed by atoms with van der Waals surface area (Å²) in [5, 5.41) is 0. The van der Waals surface area contributed by atoms with Gasteiger partial charge in [0.2, 0.25) is 0 Å². The summed E-state index contributed by atoms with van der Waals surface area (Å²) in [6.45, 7) is 6.36. The van der Waals surface area contributed by atoms with Gasteiger partial charge in [0, 0.05) is 26.2 Å². The number of piperazine rings is 1. The molecule has 1 aromatic heterocycles. The number of pyridine rings is 1. The van der Waals surface area contributed by atoms with E-state index in [1.807, 2.05) is 12.1 Å². The summed E-state index contributed by atoms with van der Waals surface area (Å²) in [6, 6.07) is 4.01. The van der Waals surface area contributed by atoms with Gasteiger partial charge in [-0.1, -0.05) is 6.42 Å². The van der Waals surface area contributed by atoms with Crippen molar-refractivity contribution < 1.29 is 4.74 Å². The first-order chi connectivity index (χ1) is 9.83. The molecule has 1 fully saturated rings. The van der Waals surface area contributed by atoms with E-state index >= 15 is 0 Å². The van der Waals surface area contributed by atoms with Gasteiger partial charge in [0.1, 0.15) is 11.6 Å². The van der Waals surface area contributed by atoms with Crippen molar-refractivity contribution in [3.05, 3.63) is 18.3 Å². The molecule has 2 N–H and O–H groups in total. The normalized spacial score (nSPS) is 16.4. The molecular weight excluding hydrogens is 252 g/mol. The highest BCUT2D eigenvalue weighted by atomic mass is 16.5. The van der Waals surface area contributed by atoms with E-state index in [1.165, 1.54) is 19.4 Å².